The lowest BCUT2D eigenvalue weighted by molar-refractivity contribution is -0.139. The van der Waals surface area contributed by atoms with Crippen LogP contribution in [0.1, 0.15) is 11.1 Å². The Balaban J connectivity index is 2.29. The zero-order valence-electron chi connectivity index (χ0n) is 13.0. The maximum Gasteiger partial charge on any atom is 0.421 e. The van der Waals surface area contributed by atoms with Crippen LogP contribution >= 0.6 is 0 Å². The van der Waals surface area contributed by atoms with E-state index in [1.54, 1.807) is 13.0 Å². The molecule has 0 heterocycles. The number of rotatable bonds is 3. The second-order valence-corrected chi connectivity index (χ2v) is 7.35. The summed E-state index contributed by atoms with van der Waals surface area (Å²) in [6.07, 6.45) is -4.38. The van der Waals surface area contributed by atoms with Crippen molar-refractivity contribution in [3.05, 3.63) is 90.0 Å². The number of benzene rings is 3. The molecule has 0 nitrogen and oxygen atoms in total. The highest BCUT2D eigenvalue weighted by molar-refractivity contribution is 7.97. The van der Waals surface area contributed by atoms with E-state index >= 15 is 0 Å². The van der Waals surface area contributed by atoms with E-state index in [-0.39, 0.29) is 0 Å². The van der Waals surface area contributed by atoms with E-state index in [4.69, 9.17) is 0 Å². The van der Waals surface area contributed by atoms with Crippen LogP contribution < -0.4 is 0 Å². The number of alkyl halides is 3. The normalized spacial score (nSPS) is 11.7. The van der Waals surface area contributed by atoms with Crippen molar-refractivity contribution >= 4 is 10.9 Å². The summed E-state index contributed by atoms with van der Waals surface area (Å²) in [5.41, 5.74) is 0.0967. The molecule has 0 amide bonds. The Bertz CT molecular complexity index is 772. The Morgan fingerprint density at radius 2 is 1.17 bits per heavy atom. The van der Waals surface area contributed by atoms with Gasteiger partial charge in [-0.1, -0.05) is 48.5 Å². The molecule has 0 saturated carbocycles. The van der Waals surface area contributed by atoms with Gasteiger partial charge in [0.2, 0.25) is 0 Å². The molecule has 3 aromatic rings. The third-order valence-corrected chi connectivity index (χ3v) is 6.12. The van der Waals surface area contributed by atoms with Gasteiger partial charge in [0, 0.05) is 5.56 Å². The quantitative estimate of drug-likeness (QED) is 0.502. The van der Waals surface area contributed by atoms with E-state index in [0.717, 1.165) is 9.79 Å². The van der Waals surface area contributed by atoms with Crippen LogP contribution in [0.25, 0.3) is 0 Å². The maximum atomic E-state index is 13.6. The molecule has 0 bridgehead atoms. The molecule has 0 aliphatic carbocycles. The molecule has 0 atom stereocenters. The summed E-state index contributed by atoms with van der Waals surface area (Å²) in [6, 6.07) is 23.2. The number of hydrogen-bond donors (Lipinski definition) is 0. The van der Waals surface area contributed by atoms with Crippen molar-refractivity contribution in [3.8, 4) is 0 Å². The zero-order valence-corrected chi connectivity index (χ0v) is 13.9. The predicted molar refractivity (Wildman–Crippen MR) is 91.2 cm³/mol. The molecule has 3 rings (SSSR count). The summed E-state index contributed by atoms with van der Waals surface area (Å²) in [4.78, 5) is 2.11. The lowest BCUT2D eigenvalue weighted by atomic mass is 10.1. The fraction of sp³-hybridized carbons (Fsp3) is 0.100. The first-order valence-corrected chi connectivity index (χ1v) is 8.72. The first kappa shape index (κ1) is 16.7. The van der Waals surface area contributed by atoms with Gasteiger partial charge in [-0.15, -0.1) is 0 Å². The van der Waals surface area contributed by atoms with Gasteiger partial charge in [-0.3, -0.25) is 0 Å². The van der Waals surface area contributed by atoms with E-state index in [2.05, 4.69) is 0 Å². The van der Waals surface area contributed by atoms with Gasteiger partial charge in [-0.05, 0) is 37.3 Å². The van der Waals surface area contributed by atoms with Crippen molar-refractivity contribution in [3.63, 3.8) is 0 Å². The third-order valence-electron chi connectivity index (χ3n) is 3.68. The minimum absolute atomic E-state index is 0.349. The zero-order chi connectivity index (χ0) is 17.2. The molecular weight excluding hydrogens is 329 g/mol. The molecule has 0 aromatic heterocycles. The SMILES string of the molecule is Cc1cccc(C(F)(F)F)c1[S+](c1ccccc1)c1ccccc1. The molecule has 0 aliphatic heterocycles. The first-order chi connectivity index (χ1) is 11.5. The van der Waals surface area contributed by atoms with Crippen LogP contribution in [0.3, 0.4) is 0 Å². The second-order valence-electron chi connectivity index (χ2n) is 5.38. The minimum Gasteiger partial charge on any atom is -0.166 e. The average Bonchev–Trinajstić information content (AvgIpc) is 2.57. The van der Waals surface area contributed by atoms with Crippen molar-refractivity contribution in [1.82, 2.24) is 0 Å². The highest BCUT2D eigenvalue weighted by atomic mass is 32.2. The molecular formula is C20H16F3S+. The van der Waals surface area contributed by atoms with Gasteiger partial charge < -0.3 is 0 Å². The number of hydrogen-bond acceptors (Lipinski definition) is 0. The Hall–Kier alpha value is -2.20. The van der Waals surface area contributed by atoms with Gasteiger partial charge in [0.25, 0.3) is 0 Å². The fourth-order valence-electron chi connectivity index (χ4n) is 2.63. The topological polar surface area (TPSA) is 0 Å². The van der Waals surface area contributed by atoms with E-state index < -0.39 is 22.6 Å². The van der Waals surface area contributed by atoms with Crippen molar-refractivity contribution in [2.45, 2.75) is 27.8 Å². The largest absolute Gasteiger partial charge is 0.421 e. The van der Waals surface area contributed by atoms with Crippen molar-refractivity contribution in [2.24, 2.45) is 0 Å². The maximum absolute atomic E-state index is 13.6. The van der Waals surface area contributed by atoms with E-state index in [1.807, 2.05) is 60.7 Å². The van der Waals surface area contributed by atoms with Crippen molar-refractivity contribution < 1.29 is 13.2 Å². The summed E-state index contributed by atoms with van der Waals surface area (Å²) < 4.78 is 40.9. The third kappa shape index (κ3) is 3.34. The van der Waals surface area contributed by atoms with Crippen LogP contribution in [0.5, 0.6) is 0 Å². The number of halogens is 3. The van der Waals surface area contributed by atoms with Crippen LogP contribution in [0.2, 0.25) is 0 Å². The molecule has 122 valence electrons. The summed E-state index contributed by atoms with van der Waals surface area (Å²) >= 11 is 0. The summed E-state index contributed by atoms with van der Waals surface area (Å²) in [7, 11) is -0.804. The Morgan fingerprint density at radius 1 is 0.667 bits per heavy atom. The van der Waals surface area contributed by atoms with E-state index in [0.29, 0.717) is 10.5 Å². The standard InChI is InChI=1S/C20H16F3S/c1-15-9-8-14-18(20(21,22)23)19(15)24(16-10-4-2-5-11-16)17-12-6-3-7-13-17/h2-14H,1H3/q+1. The fourth-order valence-corrected chi connectivity index (χ4v) is 5.03. The van der Waals surface area contributed by atoms with Crippen LogP contribution in [0.4, 0.5) is 13.2 Å². The van der Waals surface area contributed by atoms with Gasteiger partial charge in [0.15, 0.2) is 14.7 Å². The molecule has 3 aromatic carbocycles. The molecule has 0 aliphatic rings. The van der Waals surface area contributed by atoms with Crippen LogP contribution in [-0.2, 0) is 17.1 Å². The van der Waals surface area contributed by atoms with E-state index in [1.165, 1.54) is 12.1 Å². The number of aryl methyl sites for hydroxylation is 1. The van der Waals surface area contributed by atoms with Crippen molar-refractivity contribution in [1.29, 1.82) is 0 Å². The van der Waals surface area contributed by atoms with Gasteiger partial charge in [-0.2, -0.15) is 13.2 Å². The lowest BCUT2D eigenvalue weighted by Gasteiger charge is -2.16. The molecule has 0 spiro atoms. The monoisotopic (exact) mass is 345 g/mol. The van der Waals surface area contributed by atoms with Gasteiger partial charge >= 0.3 is 6.18 Å². The van der Waals surface area contributed by atoms with Gasteiger partial charge in [0.05, 0.1) is 0 Å². The summed E-state index contributed by atoms with van der Waals surface area (Å²) in [5, 5.41) is 0. The van der Waals surface area contributed by atoms with Crippen LogP contribution in [-0.4, -0.2) is 0 Å². The smallest absolute Gasteiger partial charge is 0.166 e. The molecule has 0 fully saturated rings. The highest BCUT2D eigenvalue weighted by Gasteiger charge is 2.42. The van der Waals surface area contributed by atoms with Gasteiger partial charge in [-0.25, -0.2) is 0 Å². The average molecular weight is 345 g/mol. The van der Waals surface area contributed by atoms with Crippen molar-refractivity contribution in [2.75, 3.05) is 0 Å². The lowest BCUT2D eigenvalue weighted by Crippen LogP contribution is -2.15. The Kier molecular flexibility index (Phi) is 4.67. The van der Waals surface area contributed by atoms with Crippen LogP contribution in [0, 0.1) is 6.92 Å². The summed E-state index contributed by atoms with van der Waals surface area (Å²) in [6.45, 7) is 1.75. The molecule has 0 saturated heterocycles. The van der Waals surface area contributed by atoms with E-state index in [9.17, 15) is 13.2 Å². The predicted octanol–water partition coefficient (Wildman–Crippen LogP) is 6.11. The molecule has 4 heteroatoms. The van der Waals surface area contributed by atoms with Gasteiger partial charge in [0.1, 0.15) is 16.5 Å². The highest BCUT2D eigenvalue weighted by Crippen LogP contribution is 2.41. The Labute approximate surface area is 142 Å². The Morgan fingerprint density at radius 3 is 1.62 bits per heavy atom. The second kappa shape index (κ2) is 6.73. The van der Waals surface area contributed by atoms with Crippen LogP contribution in [0.15, 0.2) is 93.5 Å². The summed E-state index contributed by atoms with van der Waals surface area (Å²) in [5.74, 6) is 0. The molecule has 0 radical (unpaired) electrons. The molecule has 0 N–H and O–H groups in total. The first-order valence-electron chi connectivity index (χ1n) is 7.49. The minimum atomic E-state index is -4.38. The molecule has 24 heavy (non-hydrogen) atoms. The molecule has 0 unspecified atom stereocenters.